The molecule has 10 nitrogen and oxygen atoms in total. The van der Waals surface area contributed by atoms with Crippen LogP contribution >= 0.6 is 0 Å². The Balaban J connectivity index is 2.53. The van der Waals surface area contributed by atoms with Gasteiger partial charge in [0, 0.05) is 0 Å². The molecule has 8 N–H and O–H groups in total. The molecule has 126 valence electrons. The Morgan fingerprint density at radius 1 is 0.905 bits per heavy atom. The fourth-order valence-corrected chi connectivity index (χ4v) is 1.86. The molecule has 1 aliphatic rings. The van der Waals surface area contributed by atoms with Gasteiger partial charge in [-0.05, 0) is 0 Å². The van der Waals surface area contributed by atoms with Crippen molar-refractivity contribution in [2.75, 3.05) is 19.8 Å². The summed E-state index contributed by atoms with van der Waals surface area (Å²) in [6.45, 7) is -1.97. The summed E-state index contributed by atoms with van der Waals surface area (Å²) in [7, 11) is 0. The molecule has 1 fully saturated rings. The molecule has 0 radical (unpaired) electrons. The second-order valence-corrected chi connectivity index (χ2v) is 4.84. The first kappa shape index (κ1) is 18.6. The van der Waals surface area contributed by atoms with Crippen LogP contribution in [0.1, 0.15) is 0 Å². The van der Waals surface area contributed by atoms with Crippen LogP contribution in [0.2, 0.25) is 0 Å². The maximum absolute atomic E-state index is 9.65. The molecule has 21 heavy (non-hydrogen) atoms. The predicted octanol–water partition coefficient (Wildman–Crippen LogP) is -5.12. The first-order valence-electron chi connectivity index (χ1n) is 6.40. The van der Waals surface area contributed by atoms with Crippen LogP contribution in [0, 0.1) is 0 Å². The molecule has 0 aliphatic carbocycles. The van der Waals surface area contributed by atoms with Crippen molar-refractivity contribution in [2.24, 2.45) is 0 Å². The van der Waals surface area contributed by atoms with Crippen LogP contribution in [0.5, 0.6) is 0 Å². The number of rotatable bonds is 7. The third-order valence-corrected chi connectivity index (χ3v) is 3.26. The molecular weight excluding hydrogens is 292 g/mol. The van der Waals surface area contributed by atoms with Gasteiger partial charge >= 0.3 is 0 Å². The van der Waals surface area contributed by atoms with Crippen LogP contribution in [-0.4, -0.2) is 110 Å². The molecule has 0 saturated carbocycles. The smallest absolute Gasteiger partial charge is 0.186 e. The Morgan fingerprint density at radius 2 is 1.52 bits per heavy atom. The Morgan fingerprint density at radius 3 is 2.05 bits per heavy atom. The number of ether oxygens (including phenoxy) is 2. The highest BCUT2D eigenvalue weighted by atomic mass is 16.7. The van der Waals surface area contributed by atoms with E-state index in [4.69, 9.17) is 24.8 Å². The summed E-state index contributed by atoms with van der Waals surface area (Å²) < 4.78 is 9.98. The second kappa shape index (κ2) is 8.29. The van der Waals surface area contributed by atoms with Gasteiger partial charge in [0.1, 0.15) is 42.7 Å². The minimum absolute atomic E-state index is 0.582. The summed E-state index contributed by atoms with van der Waals surface area (Å²) in [5, 5.41) is 74.4. The van der Waals surface area contributed by atoms with Crippen molar-refractivity contribution in [3.05, 3.63) is 0 Å². The van der Waals surface area contributed by atoms with Crippen LogP contribution in [0.15, 0.2) is 0 Å². The molecule has 0 aromatic heterocycles. The normalized spacial score (nSPS) is 38.0. The van der Waals surface area contributed by atoms with E-state index in [1.807, 2.05) is 0 Å². The van der Waals surface area contributed by atoms with Crippen LogP contribution < -0.4 is 0 Å². The lowest BCUT2D eigenvalue weighted by Gasteiger charge is -2.40. The van der Waals surface area contributed by atoms with E-state index in [2.05, 4.69) is 0 Å². The lowest BCUT2D eigenvalue weighted by molar-refractivity contribution is -0.306. The van der Waals surface area contributed by atoms with Gasteiger partial charge in [0.2, 0.25) is 0 Å². The van der Waals surface area contributed by atoms with Gasteiger partial charge in [-0.15, -0.1) is 0 Å². The molecule has 0 spiro atoms. The quantitative estimate of drug-likeness (QED) is 0.226. The standard InChI is InChI=1S/C11H22O10/c12-1-4(14)7(16)5(15)3-20-11-10(19)9(18)8(17)6(2-13)21-11/h4-19H,1-3H2/t4-,5+,6-,7-,8-,9+,10-,11?/m1/s1. The summed E-state index contributed by atoms with van der Waals surface area (Å²) in [5.74, 6) is 0. The lowest BCUT2D eigenvalue weighted by atomic mass is 9.99. The fraction of sp³-hybridized carbons (Fsp3) is 1.00. The summed E-state index contributed by atoms with van der Waals surface area (Å²) >= 11 is 0. The van der Waals surface area contributed by atoms with Crippen molar-refractivity contribution in [1.29, 1.82) is 0 Å². The fourth-order valence-electron chi connectivity index (χ4n) is 1.86. The molecule has 0 aromatic rings. The molecule has 10 heteroatoms. The Hall–Kier alpha value is -0.400. The van der Waals surface area contributed by atoms with E-state index in [1.54, 1.807) is 0 Å². The molecule has 1 rings (SSSR count). The van der Waals surface area contributed by atoms with Crippen LogP contribution in [-0.2, 0) is 9.47 Å². The van der Waals surface area contributed by atoms with E-state index in [1.165, 1.54) is 0 Å². The molecule has 0 bridgehead atoms. The van der Waals surface area contributed by atoms with Crippen molar-refractivity contribution in [3.63, 3.8) is 0 Å². The molecule has 1 unspecified atom stereocenters. The third-order valence-electron chi connectivity index (χ3n) is 3.26. The zero-order valence-corrected chi connectivity index (χ0v) is 11.1. The maximum Gasteiger partial charge on any atom is 0.186 e. The molecule has 8 atom stereocenters. The SMILES string of the molecule is OC[C@@H](O)[C@@H](O)[C@@H](O)COC1O[C@H](CO)[C@@H](O)[C@H](O)[C@H]1O. The first-order valence-corrected chi connectivity index (χ1v) is 6.40. The molecular formula is C11H22O10. The van der Waals surface area contributed by atoms with E-state index < -0.39 is 68.8 Å². The highest BCUT2D eigenvalue weighted by molar-refractivity contribution is 4.89. The summed E-state index contributed by atoms with van der Waals surface area (Å²) in [6.07, 6.45) is -12.2. The third kappa shape index (κ3) is 4.53. The van der Waals surface area contributed by atoms with E-state index >= 15 is 0 Å². The Labute approximate surface area is 120 Å². The average molecular weight is 314 g/mol. The van der Waals surface area contributed by atoms with E-state index in [-0.39, 0.29) is 0 Å². The first-order chi connectivity index (χ1) is 9.83. The minimum atomic E-state index is -1.68. The van der Waals surface area contributed by atoms with Crippen LogP contribution in [0.3, 0.4) is 0 Å². The summed E-state index contributed by atoms with van der Waals surface area (Å²) in [4.78, 5) is 0. The molecule has 1 aliphatic heterocycles. The van der Waals surface area contributed by atoms with Crippen LogP contribution in [0.25, 0.3) is 0 Å². The number of hydrogen-bond acceptors (Lipinski definition) is 10. The second-order valence-electron chi connectivity index (χ2n) is 4.84. The molecule has 1 heterocycles. The van der Waals surface area contributed by atoms with Crippen LogP contribution in [0.4, 0.5) is 0 Å². The van der Waals surface area contributed by atoms with Gasteiger partial charge in [0.25, 0.3) is 0 Å². The Kier molecular flexibility index (Phi) is 7.36. The van der Waals surface area contributed by atoms with E-state index in [9.17, 15) is 25.5 Å². The van der Waals surface area contributed by atoms with Crippen molar-refractivity contribution in [2.45, 2.75) is 49.0 Å². The van der Waals surface area contributed by atoms with Gasteiger partial charge in [-0.1, -0.05) is 0 Å². The topological polar surface area (TPSA) is 180 Å². The average Bonchev–Trinajstić information content (AvgIpc) is 2.50. The Bertz CT molecular complexity index is 301. The molecule has 0 aromatic carbocycles. The van der Waals surface area contributed by atoms with Gasteiger partial charge in [-0.25, -0.2) is 0 Å². The minimum Gasteiger partial charge on any atom is -0.394 e. The summed E-state index contributed by atoms with van der Waals surface area (Å²) in [5.41, 5.74) is 0. The zero-order chi connectivity index (χ0) is 16.2. The van der Waals surface area contributed by atoms with Crippen molar-refractivity contribution in [3.8, 4) is 0 Å². The van der Waals surface area contributed by atoms with Gasteiger partial charge in [0.05, 0.1) is 19.8 Å². The van der Waals surface area contributed by atoms with E-state index in [0.29, 0.717) is 0 Å². The highest BCUT2D eigenvalue weighted by Crippen LogP contribution is 2.22. The van der Waals surface area contributed by atoms with Gasteiger partial charge in [-0.3, -0.25) is 0 Å². The van der Waals surface area contributed by atoms with Gasteiger partial charge in [-0.2, -0.15) is 0 Å². The number of aliphatic hydroxyl groups excluding tert-OH is 8. The van der Waals surface area contributed by atoms with Crippen molar-refractivity contribution >= 4 is 0 Å². The predicted molar refractivity (Wildman–Crippen MR) is 64.8 cm³/mol. The number of aliphatic hydroxyl groups is 8. The molecule has 1 saturated heterocycles. The molecule has 0 amide bonds. The van der Waals surface area contributed by atoms with Crippen molar-refractivity contribution < 1.29 is 50.3 Å². The van der Waals surface area contributed by atoms with Crippen molar-refractivity contribution in [1.82, 2.24) is 0 Å². The van der Waals surface area contributed by atoms with E-state index in [0.717, 1.165) is 0 Å². The highest BCUT2D eigenvalue weighted by Gasteiger charge is 2.44. The summed E-state index contributed by atoms with van der Waals surface area (Å²) in [6, 6.07) is 0. The monoisotopic (exact) mass is 314 g/mol. The number of hydrogen-bond donors (Lipinski definition) is 8. The van der Waals surface area contributed by atoms with Gasteiger partial charge < -0.3 is 50.3 Å². The lowest BCUT2D eigenvalue weighted by Crippen LogP contribution is -2.59. The largest absolute Gasteiger partial charge is 0.394 e. The zero-order valence-electron chi connectivity index (χ0n) is 11.1. The maximum atomic E-state index is 9.65. The van der Waals surface area contributed by atoms with Gasteiger partial charge in [0.15, 0.2) is 6.29 Å².